The van der Waals surface area contributed by atoms with Crippen molar-refractivity contribution >= 4 is 38.5 Å². The Morgan fingerprint density at radius 1 is 1.28 bits per heavy atom. The highest BCUT2D eigenvalue weighted by Crippen LogP contribution is 2.32. The minimum absolute atomic E-state index is 0.0352. The molecule has 2 aromatic carbocycles. The van der Waals surface area contributed by atoms with Gasteiger partial charge in [-0.3, -0.25) is 0 Å². The molecule has 0 amide bonds. The fourth-order valence-corrected chi connectivity index (χ4v) is 5.02. The second-order valence-corrected chi connectivity index (χ2v) is 9.30. The molecule has 0 spiro atoms. The van der Waals surface area contributed by atoms with Gasteiger partial charge in [0.2, 0.25) is 0 Å². The van der Waals surface area contributed by atoms with Gasteiger partial charge in [-0.25, -0.2) is 22.2 Å². The van der Waals surface area contributed by atoms with E-state index in [1.807, 2.05) is 6.07 Å². The molecule has 0 radical (unpaired) electrons. The van der Waals surface area contributed by atoms with E-state index < -0.39 is 38.2 Å². The molecule has 0 aliphatic carbocycles. The number of hydrogen-bond donors (Lipinski definition) is 1. The molecule has 10 heteroatoms. The first-order valence-electron chi connectivity index (χ1n) is 8.26. The van der Waals surface area contributed by atoms with E-state index in [0.717, 1.165) is 12.1 Å². The van der Waals surface area contributed by atoms with Gasteiger partial charge in [-0.15, -0.1) is 11.3 Å². The summed E-state index contributed by atoms with van der Waals surface area (Å²) in [6, 6.07) is 7.15. The Hall–Kier alpha value is -2.54. The Balaban J connectivity index is 1.89. The zero-order chi connectivity index (χ0) is 21.2. The maximum absolute atomic E-state index is 14.6. The van der Waals surface area contributed by atoms with Gasteiger partial charge in [0.1, 0.15) is 16.5 Å². The quantitative estimate of drug-likeness (QED) is 0.561. The number of hydrogen-bond acceptors (Lipinski definition) is 6. The van der Waals surface area contributed by atoms with Gasteiger partial charge in [-0.05, 0) is 37.3 Å². The van der Waals surface area contributed by atoms with Crippen LogP contribution < -0.4 is 5.32 Å². The number of benzene rings is 2. The van der Waals surface area contributed by atoms with E-state index in [4.69, 9.17) is 16.9 Å². The number of rotatable bonds is 6. The van der Waals surface area contributed by atoms with Crippen LogP contribution in [0.1, 0.15) is 29.8 Å². The number of anilines is 1. The van der Waals surface area contributed by atoms with Crippen LogP contribution >= 0.6 is 22.9 Å². The summed E-state index contributed by atoms with van der Waals surface area (Å²) in [7, 11) is -3.99. The molecule has 1 heterocycles. The lowest BCUT2D eigenvalue weighted by atomic mass is 10.0. The Kier molecular flexibility index (Phi) is 6.17. The van der Waals surface area contributed by atoms with Crippen LogP contribution in [-0.2, 0) is 15.6 Å². The van der Waals surface area contributed by atoms with Gasteiger partial charge < -0.3 is 5.32 Å². The Morgan fingerprint density at radius 3 is 2.69 bits per heavy atom. The molecule has 29 heavy (non-hydrogen) atoms. The van der Waals surface area contributed by atoms with Crippen LogP contribution in [-0.4, -0.2) is 13.4 Å². The molecule has 5 nitrogen and oxygen atoms in total. The number of nitrogens with one attached hydrogen (secondary N) is 1. The lowest BCUT2D eigenvalue weighted by Crippen LogP contribution is -2.12. The summed E-state index contributed by atoms with van der Waals surface area (Å²) in [5.74, 6) is -1.97. The van der Waals surface area contributed by atoms with Crippen molar-refractivity contribution in [1.29, 1.82) is 5.26 Å². The van der Waals surface area contributed by atoms with Crippen molar-refractivity contribution in [3.05, 3.63) is 74.7 Å². The molecule has 0 fully saturated rings. The van der Waals surface area contributed by atoms with E-state index >= 15 is 0 Å². The Bertz CT molecular complexity index is 1190. The largest absolute Gasteiger partial charge is 0.377 e. The number of thiazole rings is 1. The first kappa shape index (κ1) is 21.2. The summed E-state index contributed by atoms with van der Waals surface area (Å²) in [6.07, 6.45) is 0. The van der Waals surface area contributed by atoms with Gasteiger partial charge in [-0.2, -0.15) is 5.26 Å². The fraction of sp³-hybridized carbons (Fsp3) is 0.158. The SMILES string of the molecule is C[C@H](Nc1cc(F)c(S(=O)(=O)Cc2cscn2)cc1Cl)c1cc(C#N)ccc1F. The highest BCUT2D eigenvalue weighted by Gasteiger charge is 2.23. The van der Waals surface area contributed by atoms with Gasteiger partial charge in [0.25, 0.3) is 0 Å². The van der Waals surface area contributed by atoms with E-state index in [9.17, 15) is 17.2 Å². The number of sulfone groups is 1. The molecule has 0 unspecified atom stereocenters. The van der Waals surface area contributed by atoms with Crippen LogP contribution in [0.2, 0.25) is 5.02 Å². The average molecular weight is 454 g/mol. The minimum atomic E-state index is -3.99. The average Bonchev–Trinajstić information content (AvgIpc) is 3.16. The van der Waals surface area contributed by atoms with E-state index in [0.29, 0.717) is 5.69 Å². The molecule has 150 valence electrons. The van der Waals surface area contributed by atoms with E-state index in [1.54, 1.807) is 12.3 Å². The molecule has 0 bridgehead atoms. The van der Waals surface area contributed by atoms with Crippen LogP contribution in [0.25, 0.3) is 0 Å². The van der Waals surface area contributed by atoms with E-state index in [1.165, 1.54) is 35.0 Å². The molecule has 0 saturated heterocycles. The van der Waals surface area contributed by atoms with Crippen LogP contribution in [0, 0.1) is 23.0 Å². The normalized spacial score (nSPS) is 12.4. The lowest BCUT2D eigenvalue weighted by Gasteiger charge is -2.18. The summed E-state index contributed by atoms with van der Waals surface area (Å²) >= 11 is 7.40. The van der Waals surface area contributed by atoms with Crippen molar-refractivity contribution in [3.63, 3.8) is 0 Å². The van der Waals surface area contributed by atoms with Crippen molar-refractivity contribution < 1.29 is 17.2 Å². The Morgan fingerprint density at radius 2 is 2.03 bits per heavy atom. The van der Waals surface area contributed by atoms with Gasteiger partial charge in [0, 0.05) is 10.9 Å². The van der Waals surface area contributed by atoms with Crippen LogP contribution in [0.4, 0.5) is 14.5 Å². The summed E-state index contributed by atoms with van der Waals surface area (Å²) in [4.78, 5) is 3.37. The highest BCUT2D eigenvalue weighted by molar-refractivity contribution is 7.90. The van der Waals surface area contributed by atoms with Gasteiger partial charge >= 0.3 is 0 Å². The zero-order valence-electron chi connectivity index (χ0n) is 15.0. The number of nitrogens with zero attached hydrogens (tertiary/aromatic N) is 2. The van der Waals surface area contributed by atoms with Gasteiger partial charge in [-0.1, -0.05) is 11.6 Å². The third-order valence-electron chi connectivity index (χ3n) is 4.14. The van der Waals surface area contributed by atoms with Crippen LogP contribution in [0.15, 0.2) is 46.1 Å². The lowest BCUT2D eigenvalue weighted by molar-refractivity contribution is 0.566. The summed E-state index contributed by atoms with van der Waals surface area (Å²) < 4.78 is 53.7. The Labute approximate surface area is 175 Å². The second-order valence-electron chi connectivity index (χ2n) is 6.22. The number of nitriles is 1. The topological polar surface area (TPSA) is 82.8 Å². The standard InChI is InChI=1S/C19H14ClF2N3O2S2/c1-11(14-4-12(7-23)2-3-16(14)21)25-18-6-17(22)19(5-15(18)20)29(26,27)9-13-8-28-10-24-13/h2-6,8,10-11,25H,9H2,1H3/t11-/m0/s1. The predicted molar refractivity (Wildman–Crippen MR) is 108 cm³/mol. The molecule has 0 aliphatic rings. The summed E-state index contributed by atoms with van der Waals surface area (Å²) in [5, 5.41) is 13.4. The molecular formula is C19H14ClF2N3O2S2. The van der Waals surface area contributed by atoms with Crippen molar-refractivity contribution in [2.45, 2.75) is 23.6 Å². The summed E-state index contributed by atoms with van der Waals surface area (Å²) in [5.41, 5.74) is 2.38. The van der Waals surface area contributed by atoms with Crippen LogP contribution in [0.5, 0.6) is 0 Å². The maximum Gasteiger partial charge on any atom is 0.187 e. The molecule has 3 rings (SSSR count). The first-order valence-corrected chi connectivity index (χ1v) is 11.2. The van der Waals surface area contributed by atoms with Crippen molar-refractivity contribution in [2.75, 3.05) is 5.32 Å². The molecular weight excluding hydrogens is 440 g/mol. The van der Waals surface area contributed by atoms with E-state index in [-0.39, 0.29) is 21.8 Å². The van der Waals surface area contributed by atoms with Crippen molar-refractivity contribution in [1.82, 2.24) is 4.98 Å². The summed E-state index contributed by atoms with van der Waals surface area (Å²) in [6.45, 7) is 1.61. The molecule has 0 saturated carbocycles. The van der Waals surface area contributed by atoms with Crippen molar-refractivity contribution in [3.8, 4) is 6.07 Å². The van der Waals surface area contributed by atoms with Gasteiger partial charge in [0.15, 0.2) is 9.84 Å². The van der Waals surface area contributed by atoms with Crippen LogP contribution in [0.3, 0.4) is 0 Å². The molecule has 0 aliphatic heterocycles. The maximum atomic E-state index is 14.6. The third-order valence-corrected chi connectivity index (χ3v) is 6.75. The molecule has 1 aromatic heterocycles. The van der Waals surface area contributed by atoms with E-state index in [2.05, 4.69) is 10.3 Å². The fourth-order valence-electron chi connectivity index (χ4n) is 2.71. The second kappa shape index (κ2) is 8.45. The smallest absolute Gasteiger partial charge is 0.187 e. The monoisotopic (exact) mass is 453 g/mol. The molecule has 3 aromatic rings. The predicted octanol–water partition coefficient (Wildman–Crippen LogP) is 5.09. The zero-order valence-corrected chi connectivity index (χ0v) is 17.4. The van der Waals surface area contributed by atoms with Gasteiger partial charge in [0.05, 0.1) is 45.3 Å². The third kappa shape index (κ3) is 4.72. The molecule has 1 N–H and O–H groups in total. The minimum Gasteiger partial charge on any atom is -0.377 e. The first-order chi connectivity index (χ1) is 13.7. The molecule has 1 atom stereocenters. The highest BCUT2D eigenvalue weighted by atomic mass is 35.5. The van der Waals surface area contributed by atoms with Crippen molar-refractivity contribution in [2.24, 2.45) is 0 Å². The number of halogens is 3. The number of aromatic nitrogens is 1.